The molecule has 0 saturated carbocycles. The van der Waals surface area contributed by atoms with E-state index in [1.807, 2.05) is 49.5 Å². The van der Waals surface area contributed by atoms with Gasteiger partial charge in [0, 0.05) is 45.7 Å². The van der Waals surface area contributed by atoms with Crippen molar-refractivity contribution < 1.29 is 19.4 Å². The second kappa shape index (κ2) is 12.0. The first-order valence-electron chi connectivity index (χ1n) is 11.4. The third-order valence-electron chi connectivity index (χ3n) is 5.74. The highest BCUT2D eigenvalue weighted by molar-refractivity contribution is 9.10. The van der Waals surface area contributed by atoms with Gasteiger partial charge in [-0.1, -0.05) is 47.5 Å². The zero-order valence-electron chi connectivity index (χ0n) is 19.5. The van der Waals surface area contributed by atoms with E-state index in [0.717, 1.165) is 22.0 Å². The predicted molar refractivity (Wildman–Crippen MR) is 146 cm³/mol. The summed E-state index contributed by atoms with van der Waals surface area (Å²) in [5.74, 6) is 0.140. The molecular weight excluding hydrogens is 567 g/mol. The summed E-state index contributed by atoms with van der Waals surface area (Å²) in [5, 5.41) is 15.1. The summed E-state index contributed by atoms with van der Waals surface area (Å²) in [6, 6.07) is 16.1. The molecule has 0 aliphatic carbocycles. The average Bonchev–Trinajstić information content (AvgIpc) is 3.25. The minimum atomic E-state index is -0.916. The smallest absolute Gasteiger partial charge is 0.321 e. The molecule has 0 amide bonds. The third kappa shape index (κ3) is 6.16. The van der Waals surface area contributed by atoms with Gasteiger partial charge in [-0.3, -0.25) is 4.79 Å². The lowest BCUT2D eigenvalue weighted by Gasteiger charge is -2.18. The second-order valence-corrected chi connectivity index (χ2v) is 9.83. The lowest BCUT2D eigenvalue weighted by Crippen LogP contribution is -2.38. The number of aliphatic carboxylic acids is 1. The van der Waals surface area contributed by atoms with Crippen LogP contribution in [0.15, 0.2) is 65.3 Å². The van der Waals surface area contributed by atoms with Gasteiger partial charge in [0.2, 0.25) is 0 Å². The zero-order chi connectivity index (χ0) is 25.7. The summed E-state index contributed by atoms with van der Waals surface area (Å²) in [7, 11) is 0. The Bertz CT molecular complexity index is 1360. The number of hydrogen-bond acceptors (Lipinski definition) is 4. The SMILES string of the molecule is CCOc1cc(CNC(Cc2c[nH]c3ccccc23)C(=O)O)cc(Br)c1OCc1c(Cl)cccc1Cl. The number of halogens is 3. The van der Waals surface area contributed by atoms with E-state index in [4.69, 9.17) is 32.7 Å². The summed E-state index contributed by atoms with van der Waals surface area (Å²) in [5.41, 5.74) is 3.46. The van der Waals surface area contributed by atoms with Crippen LogP contribution in [0.3, 0.4) is 0 Å². The highest BCUT2D eigenvalue weighted by Gasteiger charge is 2.20. The van der Waals surface area contributed by atoms with Crippen LogP contribution >= 0.6 is 39.1 Å². The van der Waals surface area contributed by atoms with Gasteiger partial charge < -0.3 is 24.9 Å². The van der Waals surface area contributed by atoms with Gasteiger partial charge in [0.05, 0.1) is 11.1 Å². The Morgan fingerprint density at radius 3 is 2.58 bits per heavy atom. The fourth-order valence-corrected chi connectivity index (χ4v) is 5.06. The van der Waals surface area contributed by atoms with Gasteiger partial charge in [0.25, 0.3) is 0 Å². The lowest BCUT2D eigenvalue weighted by molar-refractivity contribution is -0.139. The molecule has 6 nitrogen and oxygen atoms in total. The Balaban J connectivity index is 1.49. The number of carboxylic acids is 1. The van der Waals surface area contributed by atoms with Gasteiger partial charge in [-0.2, -0.15) is 0 Å². The maximum absolute atomic E-state index is 12.0. The first kappa shape index (κ1) is 26.4. The number of benzene rings is 3. The second-order valence-electron chi connectivity index (χ2n) is 8.16. The fraction of sp³-hybridized carbons (Fsp3) is 0.222. The van der Waals surface area contributed by atoms with Crippen molar-refractivity contribution in [1.29, 1.82) is 0 Å². The molecule has 0 radical (unpaired) electrons. The molecule has 0 spiro atoms. The van der Waals surface area contributed by atoms with Crippen LogP contribution < -0.4 is 14.8 Å². The quantitative estimate of drug-likeness (QED) is 0.175. The molecule has 1 atom stereocenters. The average molecular weight is 592 g/mol. The van der Waals surface area contributed by atoms with Crippen molar-refractivity contribution in [3.63, 3.8) is 0 Å². The molecule has 0 bridgehead atoms. The molecule has 3 N–H and O–H groups in total. The first-order valence-corrected chi connectivity index (χ1v) is 12.9. The molecule has 9 heteroatoms. The topological polar surface area (TPSA) is 83.6 Å². The van der Waals surface area contributed by atoms with Gasteiger partial charge in [-0.05, 0) is 64.3 Å². The highest BCUT2D eigenvalue weighted by atomic mass is 79.9. The third-order valence-corrected chi connectivity index (χ3v) is 7.04. The number of para-hydroxylation sites is 1. The molecule has 1 aromatic heterocycles. The molecular formula is C27H25BrCl2N2O4. The van der Waals surface area contributed by atoms with Crippen molar-refractivity contribution in [3.8, 4) is 11.5 Å². The number of nitrogens with one attached hydrogen (secondary N) is 2. The molecule has 3 aromatic carbocycles. The van der Waals surface area contributed by atoms with E-state index in [-0.39, 0.29) is 6.61 Å². The van der Waals surface area contributed by atoms with E-state index >= 15 is 0 Å². The van der Waals surface area contributed by atoms with Crippen LogP contribution in [0.5, 0.6) is 11.5 Å². The van der Waals surface area contributed by atoms with Crippen LogP contribution in [0.2, 0.25) is 10.0 Å². The maximum Gasteiger partial charge on any atom is 0.321 e. The summed E-state index contributed by atoms with van der Waals surface area (Å²) in [4.78, 5) is 15.2. The van der Waals surface area contributed by atoms with Crippen molar-refractivity contribution in [1.82, 2.24) is 10.3 Å². The van der Waals surface area contributed by atoms with E-state index in [2.05, 4.69) is 26.2 Å². The van der Waals surface area contributed by atoms with E-state index < -0.39 is 12.0 Å². The van der Waals surface area contributed by atoms with Crippen LogP contribution in [0.1, 0.15) is 23.6 Å². The number of fused-ring (bicyclic) bond motifs is 1. The van der Waals surface area contributed by atoms with Gasteiger partial charge in [0.1, 0.15) is 12.6 Å². The highest BCUT2D eigenvalue weighted by Crippen LogP contribution is 2.38. The first-order chi connectivity index (χ1) is 17.4. The van der Waals surface area contributed by atoms with Gasteiger partial charge in [0.15, 0.2) is 11.5 Å². The van der Waals surface area contributed by atoms with Crippen molar-refractivity contribution in [3.05, 3.63) is 92.0 Å². The van der Waals surface area contributed by atoms with Crippen LogP contribution in [0.25, 0.3) is 10.9 Å². The number of carbonyl (C=O) groups is 1. The Morgan fingerprint density at radius 2 is 1.86 bits per heavy atom. The van der Waals surface area contributed by atoms with Crippen LogP contribution in [-0.2, 0) is 24.4 Å². The summed E-state index contributed by atoms with van der Waals surface area (Å²) in [6.07, 6.45) is 2.21. The number of H-pyrrole nitrogens is 1. The van der Waals surface area contributed by atoms with E-state index in [0.29, 0.717) is 51.2 Å². The Labute approximate surface area is 227 Å². The Kier molecular flexibility index (Phi) is 8.80. The van der Waals surface area contributed by atoms with Crippen LogP contribution in [-0.4, -0.2) is 28.7 Å². The van der Waals surface area contributed by atoms with Gasteiger partial charge >= 0.3 is 5.97 Å². The van der Waals surface area contributed by atoms with Crippen molar-refractivity contribution in [2.24, 2.45) is 0 Å². The molecule has 4 aromatic rings. The molecule has 36 heavy (non-hydrogen) atoms. The molecule has 4 rings (SSSR count). The van der Waals surface area contributed by atoms with Crippen molar-refractivity contribution in [2.75, 3.05) is 6.61 Å². The number of carboxylic acid groups (broad SMARTS) is 1. The van der Waals surface area contributed by atoms with Gasteiger partial charge in [-0.15, -0.1) is 0 Å². The lowest BCUT2D eigenvalue weighted by atomic mass is 10.0. The van der Waals surface area contributed by atoms with E-state index in [1.54, 1.807) is 18.2 Å². The van der Waals surface area contributed by atoms with Crippen molar-refractivity contribution in [2.45, 2.75) is 32.5 Å². The molecule has 0 aliphatic rings. The molecule has 188 valence electrons. The van der Waals surface area contributed by atoms with Crippen molar-refractivity contribution >= 4 is 56.0 Å². The number of ether oxygens (including phenoxy) is 2. The maximum atomic E-state index is 12.0. The zero-order valence-corrected chi connectivity index (χ0v) is 22.6. The predicted octanol–water partition coefficient (Wildman–Crippen LogP) is 7.00. The monoisotopic (exact) mass is 590 g/mol. The van der Waals surface area contributed by atoms with Crippen LogP contribution in [0.4, 0.5) is 0 Å². The Hall–Kier alpha value is -2.71. The largest absolute Gasteiger partial charge is 0.490 e. The molecule has 0 saturated heterocycles. The molecule has 0 fully saturated rings. The number of rotatable bonds is 11. The summed E-state index contributed by atoms with van der Waals surface area (Å²) in [6.45, 7) is 2.81. The number of aromatic nitrogens is 1. The fourth-order valence-electron chi connectivity index (χ4n) is 3.95. The number of hydrogen-bond donors (Lipinski definition) is 3. The number of aromatic amines is 1. The van der Waals surface area contributed by atoms with Gasteiger partial charge in [-0.25, -0.2) is 0 Å². The summed E-state index contributed by atoms with van der Waals surface area (Å²) >= 11 is 16.1. The standard InChI is InChI=1S/C27H25BrCl2N2O4/c1-2-35-25-11-16(10-20(28)26(25)36-15-19-21(29)7-5-8-22(19)30)13-31-24(27(33)34)12-17-14-32-23-9-4-3-6-18(17)23/h3-11,14,24,31-32H,2,12-13,15H2,1H3,(H,33,34). The molecule has 1 unspecified atom stereocenters. The Morgan fingerprint density at radius 1 is 1.11 bits per heavy atom. The van der Waals surface area contributed by atoms with E-state index in [1.165, 1.54) is 0 Å². The minimum Gasteiger partial charge on any atom is -0.490 e. The summed E-state index contributed by atoms with van der Waals surface area (Å²) < 4.78 is 12.5. The molecule has 1 heterocycles. The van der Waals surface area contributed by atoms with Crippen LogP contribution in [0, 0.1) is 0 Å². The minimum absolute atomic E-state index is 0.167. The normalized spacial score (nSPS) is 12.0. The molecule has 0 aliphatic heterocycles. The van der Waals surface area contributed by atoms with E-state index in [9.17, 15) is 9.90 Å².